The first-order chi connectivity index (χ1) is 6.81. The van der Waals surface area contributed by atoms with Crippen molar-refractivity contribution in [3.8, 4) is 0 Å². The lowest BCUT2D eigenvalue weighted by atomic mass is 10.2. The van der Waals surface area contributed by atoms with Gasteiger partial charge in [-0.3, -0.25) is 0 Å². The van der Waals surface area contributed by atoms with Crippen molar-refractivity contribution in [1.82, 2.24) is 0 Å². The van der Waals surface area contributed by atoms with Crippen LogP contribution >= 0.6 is 34.8 Å². The summed E-state index contributed by atoms with van der Waals surface area (Å²) in [5.74, 6) is -0.612. The lowest BCUT2D eigenvalue weighted by Crippen LogP contribution is -2.33. The van der Waals surface area contributed by atoms with Gasteiger partial charge in [0.25, 0.3) is 0 Å². The SMILES string of the molecule is CCCCC(Cl)(Cl)C(=O)OC(C)C(C)Cl. The third kappa shape index (κ3) is 5.84. The maximum atomic E-state index is 11.5. The average Bonchev–Trinajstić information content (AvgIpc) is 2.14. The van der Waals surface area contributed by atoms with E-state index in [2.05, 4.69) is 0 Å². The molecule has 0 aromatic carbocycles. The first-order valence-electron chi connectivity index (χ1n) is 5.04. The molecule has 0 aliphatic heterocycles. The fraction of sp³-hybridized carbons (Fsp3) is 0.900. The van der Waals surface area contributed by atoms with Crippen LogP contribution in [0.25, 0.3) is 0 Å². The predicted octanol–water partition coefficient (Wildman–Crippen LogP) is 3.91. The smallest absolute Gasteiger partial charge is 0.342 e. The summed E-state index contributed by atoms with van der Waals surface area (Å²) in [7, 11) is 0. The molecule has 5 heteroatoms. The van der Waals surface area contributed by atoms with Crippen LogP contribution in [0, 0.1) is 0 Å². The third-order valence-corrected chi connectivity index (χ3v) is 3.12. The lowest BCUT2D eigenvalue weighted by molar-refractivity contribution is -0.149. The van der Waals surface area contributed by atoms with Crippen LogP contribution < -0.4 is 0 Å². The van der Waals surface area contributed by atoms with E-state index in [-0.39, 0.29) is 5.38 Å². The van der Waals surface area contributed by atoms with E-state index >= 15 is 0 Å². The van der Waals surface area contributed by atoms with Gasteiger partial charge in [-0.05, 0) is 20.3 Å². The van der Waals surface area contributed by atoms with Crippen molar-refractivity contribution >= 4 is 40.8 Å². The van der Waals surface area contributed by atoms with Crippen molar-refractivity contribution in [3.63, 3.8) is 0 Å². The van der Waals surface area contributed by atoms with Crippen molar-refractivity contribution in [2.45, 2.75) is 55.8 Å². The van der Waals surface area contributed by atoms with E-state index in [4.69, 9.17) is 39.5 Å². The summed E-state index contributed by atoms with van der Waals surface area (Å²) in [5.41, 5.74) is 0. The number of hydrogen-bond acceptors (Lipinski definition) is 2. The Hall–Kier alpha value is 0.340. The summed E-state index contributed by atoms with van der Waals surface area (Å²) in [6.45, 7) is 5.45. The van der Waals surface area contributed by atoms with Crippen molar-refractivity contribution in [1.29, 1.82) is 0 Å². The molecule has 0 spiro atoms. The van der Waals surface area contributed by atoms with Crippen LogP contribution in [0.4, 0.5) is 0 Å². The van der Waals surface area contributed by atoms with Crippen LogP contribution in [-0.2, 0) is 9.53 Å². The normalized spacial score (nSPS) is 15.9. The number of alkyl halides is 3. The number of rotatable bonds is 6. The zero-order valence-corrected chi connectivity index (χ0v) is 11.5. The molecule has 0 rings (SSSR count). The van der Waals surface area contributed by atoms with E-state index in [1.165, 1.54) is 0 Å². The fourth-order valence-electron chi connectivity index (χ4n) is 0.850. The minimum atomic E-state index is -1.45. The Morgan fingerprint density at radius 1 is 1.40 bits per heavy atom. The van der Waals surface area contributed by atoms with Crippen molar-refractivity contribution in [2.24, 2.45) is 0 Å². The summed E-state index contributed by atoms with van der Waals surface area (Å²) in [4.78, 5) is 11.5. The predicted molar refractivity (Wildman–Crippen MR) is 64.8 cm³/mol. The van der Waals surface area contributed by atoms with Gasteiger partial charge in [-0.1, -0.05) is 43.0 Å². The van der Waals surface area contributed by atoms with Crippen LogP contribution in [0.2, 0.25) is 0 Å². The van der Waals surface area contributed by atoms with Gasteiger partial charge in [-0.25, -0.2) is 4.79 Å². The number of halogens is 3. The summed E-state index contributed by atoms with van der Waals surface area (Å²) in [6.07, 6.45) is 1.72. The molecule has 0 fully saturated rings. The third-order valence-electron chi connectivity index (χ3n) is 2.08. The minimum Gasteiger partial charge on any atom is -0.459 e. The Balaban J connectivity index is 4.18. The van der Waals surface area contributed by atoms with Gasteiger partial charge in [0, 0.05) is 0 Å². The first kappa shape index (κ1) is 15.3. The average molecular weight is 276 g/mol. The largest absolute Gasteiger partial charge is 0.459 e. The van der Waals surface area contributed by atoms with Gasteiger partial charge in [0.1, 0.15) is 6.10 Å². The molecule has 0 saturated heterocycles. The van der Waals surface area contributed by atoms with Gasteiger partial charge < -0.3 is 4.74 Å². The molecule has 0 saturated carbocycles. The maximum absolute atomic E-state index is 11.5. The van der Waals surface area contributed by atoms with E-state index in [1.54, 1.807) is 13.8 Å². The number of hydrogen-bond donors (Lipinski definition) is 0. The van der Waals surface area contributed by atoms with Crippen LogP contribution in [0.5, 0.6) is 0 Å². The molecule has 0 N–H and O–H groups in total. The second-order valence-corrected chi connectivity index (χ2v) is 5.77. The molecule has 0 aliphatic rings. The Morgan fingerprint density at radius 3 is 2.33 bits per heavy atom. The second-order valence-electron chi connectivity index (χ2n) is 3.60. The standard InChI is InChI=1S/C10H17Cl3O2/c1-4-5-6-10(12,13)9(14)15-8(3)7(2)11/h7-8H,4-6H2,1-3H3. The minimum absolute atomic E-state index is 0.260. The molecule has 0 aromatic rings. The van der Waals surface area contributed by atoms with Gasteiger partial charge in [0.2, 0.25) is 4.33 Å². The molecule has 2 atom stereocenters. The van der Waals surface area contributed by atoms with E-state index in [0.717, 1.165) is 12.8 Å². The van der Waals surface area contributed by atoms with Crippen molar-refractivity contribution in [3.05, 3.63) is 0 Å². The molecule has 90 valence electrons. The second kappa shape index (κ2) is 6.82. The van der Waals surface area contributed by atoms with E-state index < -0.39 is 16.4 Å². The lowest BCUT2D eigenvalue weighted by Gasteiger charge is -2.22. The van der Waals surface area contributed by atoms with Gasteiger partial charge >= 0.3 is 5.97 Å². The fourth-order valence-corrected chi connectivity index (χ4v) is 1.26. The van der Waals surface area contributed by atoms with Gasteiger partial charge in [-0.15, -0.1) is 11.6 Å². The van der Waals surface area contributed by atoms with E-state index in [1.807, 2.05) is 6.92 Å². The molecule has 0 amide bonds. The van der Waals surface area contributed by atoms with E-state index in [9.17, 15) is 4.79 Å². The van der Waals surface area contributed by atoms with Crippen LogP contribution in [-0.4, -0.2) is 21.8 Å². The Bertz CT molecular complexity index is 205. The Morgan fingerprint density at radius 2 is 1.93 bits per heavy atom. The number of ether oxygens (including phenoxy) is 1. The van der Waals surface area contributed by atoms with E-state index in [0.29, 0.717) is 6.42 Å². The topological polar surface area (TPSA) is 26.3 Å². The highest BCUT2D eigenvalue weighted by atomic mass is 35.5. The highest BCUT2D eigenvalue weighted by Gasteiger charge is 2.36. The monoisotopic (exact) mass is 274 g/mol. The molecular formula is C10H17Cl3O2. The molecule has 0 aromatic heterocycles. The van der Waals surface area contributed by atoms with Gasteiger partial charge in [0.05, 0.1) is 5.38 Å². The molecule has 0 radical (unpaired) electrons. The van der Waals surface area contributed by atoms with Gasteiger partial charge in [0.15, 0.2) is 0 Å². The molecule has 2 nitrogen and oxygen atoms in total. The van der Waals surface area contributed by atoms with Crippen LogP contribution in [0.15, 0.2) is 0 Å². The van der Waals surface area contributed by atoms with Crippen molar-refractivity contribution in [2.75, 3.05) is 0 Å². The quantitative estimate of drug-likeness (QED) is 0.543. The molecule has 0 heterocycles. The molecular weight excluding hydrogens is 258 g/mol. The number of unbranched alkanes of at least 4 members (excludes halogenated alkanes) is 1. The van der Waals surface area contributed by atoms with Crippen LogP contribution in [0.1, 0.15) is 40.0 Å². The molecule has 2 unspecified atom stereocenters. The van der Waals surface area contributed by atoms with Crippen LogP contribution in [0.3, 0.4) is 0 Å². The Kier molecular flexibility index (Phi) is 6.98. The molecule has 0 aliphatic carbocycles. The summed E-state index contributed by atoms with van der Waals surface area (Å²) in [6, 6.07) is 0. The molecule has 0 bridgehead atoms. The summed E-state index contributed by atoms with van der Waals surface area (Å²) in [5, 5.41) is -0.260. The number of esters is 1. The zero-order valence-electron chi connectivity index (χ0n) is 9.23. The summed E-state index contributed by atoms with van der Waals surface area (Å²) < 4.78 is 3.59. The highest BCUT2D eigenvalue weighted by molar-refractivity contribution is 6.57. The number of carbonyl (C=O) groups excluding carboxylic acids is 1. The highest BCUT2D eigenvalue weighted by Crippen LogP contribution is 2.30. The van der Waals surface area contributed by atoms with Crippen molar-refractivity contribution < 1.29 is 9.53 Å². The van der Waals surface area contributed by atoms with Gasteiger partial charge in [-0.2, -0.15) is 0 Å². The number of carbonyl (C=O) groups is 1. The molecule has 15 heavy (non-hydrogen) atoms. The maximum Gasteiger partial charge on any atom is 0.342 e. The summed E-state index contributed by atoms with van der Waals surface area (Å²) >= 11 is 17.5. The zero-order chi connectivity index (χ0) is 12.1. The Labute approximate surface area is 106 Å². The first-order valence-corrected chi connectivity index (χ1v) is 6.23.